The number of thioether (sulfide) groups is 1. The summed E-state index contributed by atoms with van der Waals surface area (Å²) >= 11 is 2.48. The molecule has 1 aromatic heterocycles. The summed E-state index contributed by atoms with van der Waals surface area (Å²) in [5, 5.41) is 8.84. The Hall–Kier alpha value is -0.870. The first-order chi connectivity index (χ1) is 7.69. The highest BCUT2D eigenvalue weighted by atomic mass is 32.2. The standard InChI is InChI=1S/C9H10F2N2OS2/c1-2-3-4-15-8-6(5-12)7(13-16-8)14-9(10)11/h9H,2-4H2,1H3. The van der Waals surface area contributed by atoms with Gasteiger partial charge in [-0.1, -0.05) is 13.3 Å². The lowest BCUT2D eigenvalue weighted by atomic mass is 10.4. The van der Waals surface area contributed by atoms with Gasteiger partial charge in [0, 0.05) is 0 Å². The summed E-state index contributed by atoms with van der Waals surface area (Å²) in [5.74, 6) is 0.586. The van der Waals surface area contributed by atoms with Crippen molar-refractivity contribution in [2.24, 2.45) is 0 Å². The van der Waals surface area contributed by atoms with Crippen LogP contribution in [0, 0.1) is 11.3 Å². The molecule has 0 aliphatic rings. The van der Waals surface area contributed by atoms with Gasteiger partial charge < -0.3 is 4.74 Å². The number of unbranched alkanes of at least 4 members (excludes halogenated alkanes) is 1. The zero-order chi connectivity index (χ0) is 12.0. The molecule has 0 saturated carbocycles. The summed E-state index contributed by atoms with van der Waals surface area (Å²) in [6.45, 7) is -0.883. The minimum atomic E-state index is -2.94. The van der Waals surface area contributed by atoms with Crippen molar-refractivity contribution in [2.75, 3.05) is 5.75 Å². The number of hydrogen-bond acceptors (Lipinski definition) is 5. The Bertz CT molecular complexity index is 376. The lowest BCUT2D eigenvalue weighted by Gasteiger charge is -2.00. The van der Waals surface area contributed by atoms with E-state index < -0.39 is 6.61 Å². The van der Waals surface area contributed by atoms with Gasteiger partial charge in [0.25, 0.3) is 0 Å². The Morgan fingerprint density at radius 1 is 1.62 bits per heavy atom. The summed E-state index contributed by atoms with van der Waals surface area (Å²) in [4.78, 5) is 0. The lowest BCUT2D eigenvalue weighted by molar-refractivity contribution is -0.0524. The van der Waals surface area contributed by atoms with Gasteiger partial charge in [0.1, 0.15) is 15.8 Å². The Morgan fingerprint density at radius 2 is 2.38 bits per heavy atom. The number of rotatable bonds is 6. The van der Waals surface area contributed by atoms with Gasteiger partial charge in [-0.15, -0.1) is 11.8 Å². The molecular formula is C9H10F2N2OS2. The zero-order valence-electron chi connectivity index (χ0n) is 8.57. The molecule has 0 amide bonds. The molecule has 0 saturated heterocycles. The van der Waals surface area contributed by atoms with Crippen LogP contribution in [0.2, 0.25) is 0 Å². The van der Waals surface area contributed by atoms with Gasteiger partial charge in [-0.2, -0.15) is 18.4 Å². The van der Waals surface area contributed by atoms with Crippen LogP contribution in [0.4, 0.5) is 8.78 Å². The maximum Gasteiger partial charge on any atom is 0.388 e. The zero-order valence-corrected chi connectivity index (χ0v) is 10.2. The summed E-state index contributed by atoms with van der Waals surface area (Å²) < 4.78 is 32.5. The topological polar surface area (TPSA) is 45.9 Å². The van der Waals surface area contributed by atoms with Crippen LogP contribution in [0.1, 0.15) is 25.3 Å². The van der Waals surface area contributed by atoms with E-state index in [4.69, 9.17) is 5.26 Å². The molecule has 0 aliphatic carbocycles. The molecule has 3 nitrogen and oxygen atoms in total. The molecule has 0 aromatic carbocycles. The molecule has 0 aliphatic heterocycles. The maximum absolute atomic E-state index is 12.0. The van der Waals surface area contributed by atoms with E-state index in [1.54, 1.807) is 0 Å². The number of ether oxygens (including phenoxy) is 1. The van der Waals surface area contributed by atoms with E-state index in [2.05, 4.69) is 16.0 Å². The highest BCUT2D eigenvalue weighted by molar-refractivity contribution is 8.01. The van der Waals surface area contributed by atoms with Crippen molar-refractivity contribution >= 4 is 23.3 Å². The van der Waals surface area contributed by atoms with E-state index in [1.807, 2.05) is 6.07 Å². The Kier molecular flexibility index (Phi) is 5.49. The summed E-state index contributed by atoms with van der Waals surface area (Å²) in [6.07, 6.45) is 2.06. The Labute approximate surface area is 101 Å². The van der Waals surface area contributed by atoms with Crippen molar-refractivity contribution in [1.29, 1.82) is 5.26 Å². The Balaban J connectivity index is 2.71. The lowest BCUT2D eigenvalue weighted by Crippen LogP contribution is -2.03. The van der Waals surface area contributed by atoms with Gasteiger partial charge in [-0.3, -0.25) is 0 Å². The number of aromatic nitrogens is 1. The largest absolute Gasteiger partial charge is 0.414 e. The molecule has 0 N–H and O–H groups in total. The molecule has 0 radical (unpaired) electrons. The van der Waals surface area contributed by atoms with Crippen molar-refractivity contribution < 1.29 is 13.5 Å². The van der Waals surface area contributed by atoms with E-state index in [1.165, 1.54) is 11.8 Å². The fourth-order valence-electron chi connectivity index (χ4n) is 0.928. The molecule has 16 heavy (non-hydrogen) atoms. The van der Waals surface area contributed by atoms with Gasteiger partial charge in [-0.25, -0.2) is 0 Å². The van der Waals surface area contributed by atoms with Crippen molar-refractivity contribution in [3.63, 3.8) is 0 Å². The molecule has 0 atom stereocenters. The van der Waals surface area contributed by atoms with Gasteiger partial charge >= 0.3 is 6.61 Å². The number of hydrogen-bond donors (Lipinski definition) is 0. The highest BCUT2D eigenvalue weighted by Crippen LogP contribution is 2.34. The van der Waals surface area contributed by atoms with Crippen LogP contribution in [0.5, 0.6) is 5.88 Å². The number of nitriles is 1. The molecule has 0 spiro atoms. The van der Waals surface area contributed by atoms with Crippen LogP contribution < -0.4 is 4.74 Å². The first-order valence-electron chi connectivity index (χ1n) is 4.66. The second-order valence-corrected chi connectivity index (χ2v) is 4.98. The predicted molar refractivity (Wildman–Crippen MR) is 59.1 cm³/mol. The summed E-state index contributed by atoms with van der Waals surface area (Å²) in [6, 6.07) is 1.85. The molecular weight excluding hydrogens is 254 g/mol. The SMILES string of the molecule is CCCCSc1snc(OC(F)F)c1C#N. The van der Waals surface area contributed by atoms with Crippen LogP contribution in [0.3, 0.4) is 0 Å². The van der Waals surface area contributed by atoms with Crippen LogP contribution in [0.15, 0.2) is 4.21 Å². The smallest absolute Gasteiger partial charge is 0.388 e. The van der Waals surface area contributed by atoms with E-state index in [-0.39, 0.29) is 11.4 Å². The summed E-state index contributed by atoms with van der Waals surface area (Å²) in [7, 11) is 0. The second-order valence-electron chi connectivity index (χ2n) is 2.84. The Morgan fingerprint density at radius 3 is 2.94 bits per heavy atom. The summed E-state index contributed by atoms with van der Waals surface area (Å²) in [5.41, 5.74) is 0.117. The third kappa shape index (κ3) is 3.61. The van der Waals surface area contributed by atoms with Crippen LogP contribution in [-0.2, 0) is 0 Å². The minimum Gasteiger partial charge on any atom is -0.414 e. The molecule has 1 rings (SSSR count). The first kappa shape index (κ1) is 13.2. The molecule has 88 valence electrons. The highest BCUT2D eigenvalue weighted by Gasteiger charge is 2.18. The monoisotopic (exact) mass is 264 g/mol. The molecule has 0 bridgehead atoms. The second kappa shape index (κ2) is 6.66. The quantitative estimate of drug-likeness (QED) is 0.582. The predicted octanol–water partition coefficient (Wildman–Crippen LogP) is 3.51. The fraction of sp³-hybridized carbons (Fsp3) is 0.556. The maximum atomic E-state index is 12.0. The minimum absolute atomic E-state index is 0.117. The fourth-order valence-corrected chi connectivity index (χ4v) is 2.92. The number of nitrogens with zero attached hydrogens (tertiary/aromatic N) is 2. The number of alkyl halides is 2. The van der Waals surface area contributed by atoms with Crippen LogP contribution in [-0.4, -0.2) is 16.7 Å². The molecule has 1 aromatic rings. The van der Waals surface area contributed by atoms with E-state index in [0.29, 0.717) is 4.21 Å². The first-order valence-corrected chi connectivity index (χ1v) is 6.42. The van der Waals surface area contributed by atoms with Gasteiger partial charge in [0.05, 0.1) is 0 Å². The average molecular weight is 264 g/mol. The van der Waals surface area contributed by atoms with Crippen LogP contribution >= 0.6 is 23.3 Å². The van der Waals surface area contributed by atoms with Crippen molar-refractivity contribution in [2.45, 2.75) is 30.6 Å². The molecule has 7 heteroatoms. The van der Waals surface area contributed by atoms with E-state index in [9.17, 15) is 8.78 Å². The van der Waals surface area contributed by atoms with Crippen molar-refractivity contribution in [3.05, 3.63) is 5.56 Å². The normalized spacial score (nSPS) is 10.4. The molecule has 0 fully saturated rings. The van der Waals surface area contributed by atoms with Crippen molar-refractivity contribution in [1.82, 2.24) is 4.37 Å². The van der Waals surface area contributed by atoms with Crippen molar-refractivity contribution in [3.8, 4) is 11.9 Å². The van der Waals surface area contributed by atoms with Gasteiger partial charge in [-0.05, 0) is 23.7 Å². The van der Waals surface area contributed by atoms with Gasteiger partial charge in [0.2, 0.25) is 5.88 Å². The third-order valence-corrected chi connectivity index (χ3v) is 3.84. The molecule has 1 heterocycles. The van der Waals surface area contributed by atoms with E-state index in [0.717, 1.165) is 30.1 Å². The third-order valence-electron chi connectivity index (χ3n) is 1.67. The van der Waals surface area contributed by atoms with Gasteiger partial charge in [0.15, 0.2) is 0 Å². The molecule has 0 unspecified atom stereocenters. The van der Waals surface area contributed by atoms with Crippen LogP contribution in [0.25, 0.3) is 0 Å². The average Bonchev–Trinajstić information content (AvgIpc) is 2.60. The van der Waals surface area contributed by atoms with E-state index >= 15 is 0 Å². The number of halogens is 2.